The molecule has 0 spiro atoms. The molecule has 0 aliphatic heterocycles. The average Bonchev–Trinajstić information content (AvgIpc) is 2.51. The third kappa shape index (κ3) is 6.50. The Balaban J connectivity index is 2.44. The fourth-order valence-corrected chi connectivity index (χ4v) is 2.02. The number of rotatable bonds is 8. The third-order valence-electron chi connectivity index (χ3n) is 3.71. The zero-order chi connectivity index (χ0) is 17.4. The van der Waals surface area contributed by atoms with Gasteiger partial charge in [-0.2, -0.15) is 0 Å². The second-order valence-electron chi connectivity index (χ2n) is 5.68. The van der Waals surface area contributed by atoms with E-state index in [1.807, 2.05) is 26.0 Å². The summed E-state index contributed by atoms with van der Waals surface area (Å²) in [6.07, 6.45) is 0.607. The summed E-state index contributed by atoms with van der Waals surface area (Å²) in [5, 5.41) is 14.3. The highest BCUT2D eigenvalue weighted by molar-refractivity contribution is 5.93. The first kappa shape index (κ1) is 18.7. The highest BCUT2D eigenvalue weighted by atomic mass is 16.4. The second kappa shape index (κ2) is 8.92. The van der Waals surface area contributed by atoms with Crippen LogP contribution < -0.4 is 10.6 Å². The van der Waals surface area contributed by atoms with Gasteiger partial charge in [0.2, 0.25) is 11.8 Å². The summed E-state index contributed by atoms with van der Waals surface area (Å²) < 4.78 is 0. The summed E-state index contributed by atoms with van der Waals surface area (Å²) in [6, 6.07) is 6.42. The van der Waals surface area contributed by atoms with Crippen LogP contribution in [-0.2, 0) is 14.4 Å². The van der Waals surface area contributed by atoms with Crippen LogP contribution in [-0.4, -0.2) is 28.9 Å². The van der Waals surface area contributed by atoms with Crippen molar-refractivity contribution >= 4 is 23.5 Å². The Morgan fingerprint density at radius 2 is 1.65 bits per heavy atom. The largest absolute Gasteiger partial charge is 0.480 e. The molecule has 126 valence electrons. The van der Waals surface area contributed by atoms with Gasteiger partial charge in [-0.15, -0.1) is 0 Å². The summed E-state index contributed by atoms with van der Waals surface area (Å²) in [5.74, 6) is -1.94. The zero-order valence-electron chi connectivity index (χ0n) is 13.8. The van der Waals surface area contributed by atoms with Gasteiger partial charge in [-0.25, -0.2) is 4.79 Å². The Labute approximate surface area is 136 Å². The van der Waals surface area contributed by atoms with Crippen molar-refractivity contribution in [2.45, 2.75) is 46.1 Å². The van der Waals surface area contributed by atoms with E-state index in [1.165, 1.54) is 0 Å². The summed E-state index contributed by atoms with van der Waals surface area (Å²) in [7, 11) is 0. The quantitative estimate of drug-likeness (QED) is 0.685. The van der Waals surface area contributed by atoms with E-state index in [0.717, 1.165) is 5.56 Å². The molecule has 0 aliphatic carbocycles. The number of aryl methyl sites for hydroxylation is 1. The number of hydrogen-bond acceptors (Lipinski definition) is 3. The molecule has 0 aliphatic rings. The molecule has 6 heteroatoms. The molecule has 1 rings (SSSR count). The number of nitrogens with one attached hydrogen (secondary N) is 2. The molecule has 6 nitrogen and oxygen atoms in total. The zero-order valence-corrected chi connectivity index (χ0v) is 13.8. The van der Waals surface area contributed by atoms with Crippen LogP contribution in [0.1, 0.15) is 38.7 Å². The van der Waals surface area contributed by atoms with E-state index in [4.69, 9.17) is 5.11 Å². The minimum atomic E-state index is -1.06. The molecular weight excluding hydrogens is 296 g/mol. The van der Waals surface area contributed by atoms with Crippen LogP contribution in [0.5, 0.6) is 0 Å². The smallest absolute Gasteiger partial charge is 0.326 e. The monoisotopic (exact) mass is 320 g/mol. The standard InChI is InChI=1S/C17H24N2O4/c1-4-12(3)16(17(22)23)19-15(21)10-9-14(20)18-13-7-5-11(2)6-8-13/h5-8,12,16H,4,9-10H2,1-3H3,(H,18,20)(H,19,21)(H,22,23). The van der Waals surface area contributed by atoms with Gasteiger partial charge in [0, 0.05) is 18.5 Å². The summed E-state index contributed by atoms with van der Waals surface area (Å²) in [5.41, 5.74) is 1.76. The van der Waals surface area contributed by atoms with Gasteiger partial charge in [-0.05, 0) is 25.0 Å². The molecule has 2 amide bonds. The van der Waals surface area contributed by atoms with Crippen molar-refractivity contribution in [3.05, 3.63) is 29.8 Å². The van der Waals surface area contributed by atoms with Crippen molar-refractivity contribution in [1.82, 2.24) is 5.32 Å². The molecule has 0 heterocycles. The minimum Gasteiger partial charge on any atom is -0.480 e. The van der Waals surface area contributed by atoms with E-state index >= 15 is 0 Å². The molecule has 23 heavy (non-hydrogen) atoms. The number of carbonyl (C=O) groups is 3. The fourth-order valence-electron chi connectivity index (χ4n) is 2.02. The Bertz CT molecular complexity index is 554. The van der Waals surface area contributed by atoms with Crippen LogP contribution in [0.15, 0.2) is 24.3 Å². The van der Waals surface area contributed by atoms with Crippen LogP contribution in [0, 0.1) is 12.8 Å². The minimum absolute atomic E-state index is 0.00650. The molecule has 2 unspecified atom stereocenters. The Hall–Kier alpha value is -2.37. The lowest BCUT2D eigenvalue weighted by Gasteiger charge is -2.20. The van der Waals surface area contributed by atoms with Gasteiger partial charge in [0.05, 0.1) is 0 Å². The van der Waals surface area contributed by atoms with Gasteiger partial charge in [-0.3, -0.25) is 9.59 Å². The van der Waals surface area contributed by atoms with Crippen molar-refractivity contribution < 1.29 is 19.5 Å². The summed E-state index contributed by atoms with van der Waals surface area (Å²) >= 11 is 0. The molecule has 0 bridgehead atoms. The van der Waals surface area contributed by atoms with E-state index in [-0.39, 0.29) is 24.7 Å². The maximum Gasteiger partial charge on any atom is 0.326 e. The molecular formula is C17H24N2O4. The lowest BCUT2D eigenvalue weighted by molar-refractivity contribution is -0.143. The molecule has 0 radical (unpaired) electrons. The Kier molecular flexibility index (Phi) is 7.25. The maximum atomic E-state index is 11.8. The van der Waals surface area contributed by atoms with Gasteiger partial charge in [0.25, 0.3) is 0 Å². The molecule has 2 atom stereocenters. The highest BCUT2D eigenvalue weighted by Crippen LogP contribution is 2.10. The van der Waals surface area contributed by atoms with E-state index in [9.17, 15) is 14.4 Å². The Morgan fingerprint density at radius 1 is 1.09 bits per heavy atom. The van der Waals surface area contributed by atoms with Gasteiger partial charge >= 0.3 is 5.97 Å². The van der Waals surface area contributed by atoms with Gasteiger partial charge in [0.1, 0.15) is 6.04 Å². The van der Waals surface area contributed by atoms with Gasteiger partial charge in [0.15, 0.2) is 0 Å². The molecule has 1 aromatic rings. The second-order valence-corrected chi connectivity index (χ2v) is 5.68. The van der Waals surface area contributed by atoms with E-state index < -0.39 is 17.9 Å². The number of anilines is 1. The van der Waals surface area contributed by atoms with Crippen LogP contribution in [0.4, 0.5) is 5.69 Å². The first-order chi connectivity index (χ1) is 10.8. The first-order valence-corrected chi connectivity index (χ1v) is 7.72. The average molecular weight is 320 g/mol. The summed E-state index contributed by atoms with van der Waals surface area (Å²) in [4.78, 5) is 34.8. The number of benzene rings is 1. The lowest BCUT2D eigenvalue weighted by atomic mass is 9.99. The normalized spacial score (nSPS) is 13.0. The van der Waals surface area contributed by atoms with Crippen molar-refractivity contribution in [2.24, 2.45) is 5.92 Å². The highest BCUT2D eigenvalue weighted by Gasteiger charge is 2.25. The van der Waals surface area contributed by atoms with Gasteiger partial charge in [-0.1, -0.05) is 38.0 Å². The van der Waals surface area contributed by atoms with Crippen LogP contribution in [0.2, 0.25) is 0 Å². The lowest BCUT2D eigenvalue weighted by Crippen LogP contribution is -2.45. The predicted molar refractivity (Wildman–Crippen MR) is 88.1 cm³/mol. The number of carboxylic acid groups (broad SMARTS) is 1. The van der Waals surface area contributed by atoms with Gasteiger partial charge < -0.3 is 15.7 Å². The molecule has 0 fully saturated rings. The number of amides is 2. The van der Waals surface area contributed by atoms with E-state index in [0.29, 0.717) is 12.1 Å². The number of carboxylic acids is 1. The Morgan fingerprint density at radius 3 is 2.17 bits per heavy atom. The number of carbonyl (C=O) groups excluding carboxylic acids is 2. The van der Waals surface area contributed by atoms with Crippen LogP contribution >= 0.6 is 0 Å². The van der Waals surface area contributed by atoms with Crippen LogP contribution in [0.3, 0.4) is 0 Å². The fraction of sp³-hybridized carbons (Fsp3) is 0.471. The molecule has 0 saturated heterocycles. The molecule has 1 aromatic carbocycles. The third-order valence-corrected chi connectivity index (χ3v) is 3.71. The summed E-state index contributed by atoms with van der Waals surface area (Å²) in [6.45, 7) is 5.58. The van der Waals surface area contributed by atoms with Crippen molar-refractivity contribution in [2.75, 3.05) is 5.32 Å². The topological polar surface area (TPSA) is 95.5 Å². The molecule has 0 aromatic heterocycles. The van der Waals surface area contributed by atoms with E-state index in [1.54, 1.807) is 19.1 Å². The maximum absolute atomic E-state index is 11.8. The molecule has 3 N–H and O–H groups in total. The first-order valence-electron chi connectivity index (χ1n) is 7.72. The van der Waals surface area contributed by atoms with Crippen LogP contribution in [0.25, 0.3) is 0 Å². The number of aliphatic carboxylic acids is 1. The number of hydrogen-bond donors (Lipinski definition) is 3. The van der Waals surface area contributed by atoms with Crippen molar-refractivity contribution in [3.8, 4) is 0 Å². The van der Waals surface area contributed by atoms with E-state index in [2.05, 4.69) is 10.6 Å². The van der Waals surface area contributed by atoms with Crippen molar-refractivity contribution in [1.29, 1.82) is 0 Å². The predicted octanol–water partition coefficient (Wildman–Crippen LogP) is 2.33. The van der Waals surface area contributed by atoms with Crippen molar-refractivity contribution in [3.63, 3.8) is 0 Å². The molecule has 0 saturated carbocycles. The SMILES string of the molecule is CCC(C)C(NC(=O)CCC(=O)Nc1ccc(C)cc1)C(=O)O.